The van der Waals surface area contributed by atoms with Crippen molar-refractivity contribution >= 4 is 5.82 Å². The monoisotopic (exact) mass is 196 g/mol. The summed E-state index contributed by atoms with van der Waals surface area (Å²) in [6.07, 6.45) is 1.67. The maximum Gasteiger partial charge on any atom is 0.128 e. The van der Waals surface area contributed by atoms with Crippen molar-refractivity contribution < 1.29 is 9.47 Å². The number of aromatic nitrogens is 1. The molecule has 1 rings (SSSR count). The molecule has 0 saturated carbocycles. The van der Waals surface area contributed by atoms with E-state index in [0.29, 0.717) is 25.6 Å². The largest absolute Gasteiger partial charge is 0.383 e. The Labute approximate surface area is 84.0 Å². The molecule has 0 atom stereocenters. The quantitative estimate of drug-likeness (QED) is 0.695. The highest BCUT2D eigenvalue weighted by Crippen LogP contribution is 2.07. The minimum absolute atomic E-state index is 0.493. The van der Waals surface area contributed by atoms with Crippen molar-refractivity contribution in [2.75, 3.05) is 25.6 Å². The number of anilines is 1. The van der Waals surface area contributed by atoms with Crippen molar-refractivity contribution in [2.24, 2.45) is 0 Å². The van der Waals surface area contributed by atoms with Crippen LogP contribution < -0.4 is 5.73 Å². The molecule has 0 radical (unpaired) electrons. The lowest BCUT2D eigenvalue weighted by molar-refractivity contribution is 0.0454. The second kappa shape index (κ2) is 6.34. The molecule has 0 aliphatic rings. The molecule has 0 spiro atoms. The first-order chi connectivity index (χ1) is 6.84. The summed E-state index contributed by atoms with van der Waals surface area (Å²) in [5, 5.41) is 0. The van der Waals surface area contributed by atoms with Gasteiger partial charge in [-0.05, 0) is 13.0 Å². The van der Waals surface area contributed by atoms with E-state index >= 15 is 0 Å². The zero-order valence-electron chi connectivity index (χ0n) is 8.40. The second-order valence-corrected chi connectivity index (χ2v) is 2.80. The van der Waals surface area contributed by atoms with Crippen molar-refractivity contribution in [1.29, 1.82) is 0 Å². The van der Waals surface area contributed by atoms with Gasteiger partial charge < -0.3 is 15.2 Å². The molecule has 0 unspecified atom stereocenters. The summed E-state index contributed by atoms with van der Waals surface area (Å²) >= 11 is 0. The molecule has 78 valence electrons. The average Bonchev–Trinajstić information content (AvgIpc) is 2.20. The summed E-state index contributed by atoms with van der Waals surface area (Å²) < 4.78 is 10.5. The highest BCUT2D eigenvalue weighted by molar-refractivity contribution is 5.37. The number of nitrogens with zero attached hydrogens (tertiary/aromatic N) is 1. The third-order valence-corrected chi connectivity index (χ3v) is 1.76. The summed E-state index contributed by atoms with van der Waals surface area (Å²) in [6, 6.07) is 3.75. The maximum absolute atomic E-state index is 5.64. The molecule has 0 fully saturated rings. The third-order valence-electron chi connectivity index (χ3n) is 1.76. The van der Waals surface area contributed by atoms with Gasteiger partial charge in [0.25, 0.3) is 0 Å². The molecule has 0 aliphatic carbocycles. The van der Waals surface area contributed by atoms with Gasteiger partial charge in [-0.2, -0.15) is 0 Å². The van der Waals surface area contributed by atoms with Gasteiger partial charge in [0, 0.05) is 18.4 Å². The predicted molar refractivity (Wildman–Crippen MR) is 54.8 cm³/mol. The molecule has 4 heteroatoms. The molecular formula is C10H16N2O2. The number of pyridine rings is 1. The van der Waals surface area contributed by atoms with Crippen LogP contribution in [0.5, 0.6) is 0 Å². The van der Waals surface area contributed by atoms with E-state index in [-0.39, 0.29) is 0 Å². The van der Waals surface area contributed by atoms with E-state index < -0.39 is 0 Å². The molecule has 1 aromatic heterocycles. The molecule has 14 heavy (non-hydrogen) atoms. The predicted octanol–water partition coefficient (Wildman–Crippen LogP) is 1.22. The fourth-order valence-corrected chi connectivity index (χ4v) is 1.02. The van der Waals surface area contributed by atoms with Crippen molar-refractivity contribution in [1.82, 2.24) is 4.98 Å². The van der Waals surface area contributed by atoms with E-state index in [1.54, 1.807) is 6.20 Å². The Morgan fingerprint density at radius 3 is 2.86 bits per heavy atom. The van der Waals surface area contributed by atoms with Gasteiger partial charge in [0.05, 0.1) is 19.8 Å². The molecule has 1 heterocycles. The van der Waals surface area contributed by atoms with Gasteiger partial charge in [0.1, 0.15) is 5.82 Å². The molecule has 0 aromatic carbocycles. The second-order valence-electron chi connectivity index (χ2n) is 2.80. The molecule has 0 bridgehead atoms. The fraction of sp³-hybridized carbons (Fsp3) is 0.500. The van der Waals surface area contributed by atoms with Crippen molar-refractivity contribution in [3.05, 3.63) is 23.9 Å². The van der Waals surface area contributed by atoms with Gasteiger partial charge >= 0.3 is 0 Å². The number of hydrogen-bond acceptors (Lipinski definition) is 4. The van der Waals surface area contributed by atoms with E-state index in [2.05, 4.69) is 4.98 Å². The van der Waals surface area contributed by atoms with Gasteiger partial charge in [-0.15, -0.1) is 0 Å². The first-order valence-electron chi connectivity index (χ1n) is 4.69. The minimum Gasteiger partial charge on any atom is -0.383 e. The van der Waals surface area contributed by atoms with Gasteiger partial charge in [0.15, 0.2) is 0 Å². The van der Waals surface area contributed by atoms with E-state index in [1.807, 2.05) is 19.1 Å². The summed E-state index contributed by atoms with van der Waals surface area (Å²) in [7, 11) is 0. The summed E-state index contributed by atoms with van der Waals surface area (Å²) in [6.45, 7) is 4.38. The van der Waals surface area contributed by atoms with Crippen LogP contribution in [0.3, 0.4) is 0 Å². The molecule has 1 aromatic rings. The van der Waals surface area contributed by atoms with Crippen LogP contribution in [-0.2, 0) is 16.1 Å². The fourth-order valence-electron chi connectivity index (χ4n) is 1.02. The van der Waals surface area contributed by atoms with Crippen LogP contribution in [0.2, 0.25) is 0 Å². The molecule has 0 saturated heterocycles. The number of hydrogen-bond donors (Lipinski definition) is 1. The summed E-state index contributed by atoms with van der Waals surface area (Å²) in [5.74, 6) is 0.531. The molecule has 0 aliphatic heterocycles. The summed E-state index contributed by atoms with van der Waals surface area (Å²) in [5.41, 5.74) is 6.56. The van der Waals surface area contributed by atoms with Crippen LogP contribution in [0, 0.1) is 0 Å². The van der Waals surface area contributed by atoms with Gasteiger partial charge in [-0.1, -0.05) is 6.07 Å². The topological polar surface area (TPSA) is 57.4 Å². The van der Waals surface area contributed by atoms with E-state index in [0.717, 1.165) is 12.2 Å². The van der Waals surface area contributed by atoms with Gasteiger partial charge in [0.2, 0.25) is 0 Å². The highest BCUT2D eigenvalue weighted by atomic mass is 16.5. The van der Waals surface area contributed by atoms with Crippen LogP contribution in [0.15, 0.2) is 18.3 Å². The Morgan fingerprint density at radius 2 is 2.14 bits per heavy atom. The zero-order chi connectivity index (χ0) is 10.2. The first kappa shape index (κ1) is 10.9. The Kier molecular flexibility index (Phi) is 4.96. The normalized spacial score (nSPS) is 10.4. The SMILES string of the molecule is CCOCCOCc1cccnc1N. The molecular weight excluding hydrogens is 180 g/mol. The molecule has 4 nitrogen and oxygen atoms in total. The standard InChI is InChI=1S/C10H16N2O2/c1-2-13-6-7-14-8-9-4-3-5-12-10(9)11/h3-5H,2,6-8H2,1H3,(H2,11,12). The van der Waals surface area contributed by atoms with Crippen LogP contribution in [-0.4, -0.2) is 24.8 Å². The molecule has 0 amide bonds. The highest BCUT2D eigenvalue weighted by Gasteiger charge is 1.98. The average molecular weight is 196 g/mol. The van der Waals surface area contributed by atoms with Crippen LogP contribution >= 0.6 is 0 Å². The van der Waals surface area contributed by atoms with Crippen LogP contribution in [0.25, 0.3) is 0 Å². The van der Waals surface area contributed by atoms with Gasteiger partial charge in [-0.25, -0.2) is 4.98 Å². The van der Waals surface area contributed by atoms with E-state index in [4.69, 9.17) is 15.2 Å². The Morgan fingerprint density at radius 1 is 1.36 bits per heavy atom. The number of rotatable bonds is 6. The Hall–Kier alpha value is -1.13. The molecule has 2 N–H and O–H groups in total. The zero-order valence-corrected chi connectivity index (χ0v) is 8.40. The number of ether oxygens (including phenoxy) is 2. The lowest BCUT2D eigenvalue weighted by Crippen LogP contribution is -2.05. The Bertz CT molecular complexity index is 266. The summed E-state index contributed by atoms with van der Waals surface area (Å²) in [4.78, 5) is 3.96. The number of nitrogen functional groups attached to an aromatic ring is 1. The van der Waals surface area contributed by atoms with E-state index in [9.17, 15) is 0 Å². The lowest BCUT2D eigenvalue weighted by atomic mass is 10.3. The smallest absolute Gasteiger partial charge is 0.128 e. The maximum atomic E-state index is 5.64. The number of nitrogens with two attached hydrogens (primary N) is 1. The van der Waals surface area contributed by atoms with Crippen LogP contribution in [0.1, 0.15) is 12.5 Å². The van der Waals surface area contributed by atoms with Crippen molar-refractivity contribution in [2.45, 2.75) is 13.5 Å². The third kappa shape index (κ3) is 3.72. The Balaban J connectivity index is 2.21. The van der Waals surface area contributed by atoms with Gasteiger partial charge in [-0.3, -0.25) is 0 Å². The van der Waals surface area contributed by atoms with Crippen LogP contribution in [0.4, 0.5) is 5.82 Å². The van der Waals surface area contributed by atoms with Crippen molar-refractivity contribution in [3.63, 3.8) is 0 Å². The van der Waals surface area contributed by atoms with Crippen molar-refractivity contribution in [3.8, 4) is 0 Å². The first-order valence-corrected chi connectivity index (χ1v) is 4.69. The van der Waals surface area contributed by atoms with E-state index in [1.165, 1.54) is 0 Å². The minimum atomic E-state index is 0.493. The lowest BCUT2D eigenvalue weighted by Gasteiger charge is -2.05.